The number of anilines is 1. The highest BCUT2D eigenvalue weighted by Gasteiger charge is 2.59. The van der Waals surface area contributed by atoms with E-state index in [1.54, 1.807) is 12.1 Å². The van der Waals surface area contributed by atoms with Crippen molar-refractivity contribution in [3.05, 3.63) is 29.3 Å². The number of quaternary nitrogens is 1. The van der Waals surface area contributed by atoms with Crippen LogP contribution in [0.2, 0.25) is 0 Å². The van der Waals surface area contributed by atoms with Gasteiger partial charge in [0.1, 0.15) is 5.97 Å². The van der Waals surface area contributed by atoms with Gasteiger partial charge >= 0.3 is 6.18 Å². The van der Waals surface area contributed by atoms with Crippen LogP contribution in [0.25, 0.3) is 0 Å². The molecule has 3 rings (SSSR count). The van der Waals surface area contributed by atoms with Crippen LogP contribution in [0.4, 0.5) is 18.9 Å². The van der Waals surface area contributed by atoms with Gasteiger partial charge in [-0.1, -0.05) is 6.07 Å². The topological polar surface area (TPSA) is 119 Å². The molecule has 1 fully saturated rings. The summed E-state index contributed by atoms with van der Waals surface area (Å²) in [6.45, 7) is -6.03. The number of aliphatic carboxylic acids is 1. The molecule has 0 aliphatic carbocycles. The number of likely N-dealkylation sites (N-methyl/N-ethyl adjacent to an activating group) is 1. The molecule has 8 nitrogen and oxygen atoms in total. The summed E-state index contributed by atoms with van der Waals surface area (Å²) in [6, 6.07) is 4.58. The van der Waals surface area contributed by atoms with Crippen LogP contribution in [0, 0.1) is 0 Å². The number of hydrogen-bond acceptors (Lipinski definition) is 6. The quantitative estimate of drug-likeness (QED) is 0.553. The highest BCUT2D eigenvalue weighted by Crippen LogP contribution is 2.48. The maximum absolute atomic E-state index is 11.8. The van der Waals surface area contributed by atoms with E-state index in [0.717, 1.165) is 0 Å². The third kappa shape index (κ3) is 4.40. The van der Waals surface area contributed by atoms with Gasteiger partial charge in [-0.3, -0.25) is 0 Å². The molecule has 2 heterocycles. The lowest BCUT2D eigenvalue weighted by Gasteiger charge is -2.33. The summed E-state index contributed by atoms with van der Waals surface area (Å²) in [4.78, 5) is 8.78. The number of halogens is 3. The molecule has 2 unspecified atom stereocenters. The predicted molar refractivity (Wildman–Crippen MR) is 92.1 cm³/mol. The molecule has 0 amide bonds. The molecule has 0 radical (unpaired) electrons. The summed E-state index contributed by atoms with van der Waals surface area (Å²) >= 11 is 0. The summed E-state index contributed by atoms with van der Waals surface area (Å²) in [7, 11) is -2.24. The van der Waals surface area contributed by atoms with E-state index in [-0.39, 0.29) is 18.7 Å². The van der Waals surface area contributed by atoms with Crippen LogP contribution in [0.15, 0.2) is 18.2 Å². The first kappa shape index (κ1) is 15.0. The molecule has 0 spiro atoms. The summed E-state index contributed by atoms with van der Waals surface area (Å²) in [6.07, 6.45) is -6.56. The van der Waals surface area contributed by atoms with Crippen molar-refractivity contribution in [1.82, 2.24) is 4.72 Å². The zero-order valence-corrected chi connectivity index (χ0v) is 15.3. The van der Waals surface area contributed by atoms with Crippen LogP contribution in [0.1, 0.15) is 25.8 Å². The van der Waals surface area contributed by atoms with E-state index in [0.29, 0.717) is 16.8 Å². The van der Waals surface area contributed by atoms with Crippen LogP contribution >= 0.6 is 0 Å². The van der Waals surface area contributed by atoms with E-state index < -0.39 is 52.4 Å². The number of nitrogens with zero attached hydrogens (tertiary/aromatic N) is 1. The van der Waals surface area contributed by atoms with Crippen molar-refractivity contribution in [1.29, 1.82) is 0 Å². The molecule has 3 N–H and O–H groups in total. The molecule has 2 aliphatic rings. The molecule has 0 saturated carbocycles. The first-order valence-electron chi connectivity index (χ1n) is 10.8. The Labute approximate surface area is 169 Å². The minimum absolute atomic E-state index is 0.0727. The number of carboxylic acids is 1. The minimum Gasteiger partial charge on any atom is -0.542 e. The SMILES string of the molecule is O=C([O-])C(F)(F)F.[2H]C([2H])([2H])[N+]1(C([2H])([2H])[2H])CCC2(O)c3cc(CS(=O)(=O)NC)ccc3NC21. The Morgan fingerprint density at radius 3 is 2.61 bits per heavy atom. The number of hydrogen-bond donors (Lipinski definition) is 3. The first-order valence-corrected chi connectivity index (χ1v) is 9.47. The monoisotopic (exact) mass is 431 g/mol. The van der Waals surface area contributed by atoms with Gasteiger partial charge in [0.05, 0.1) is 34.5 Å². The standard InChI is InChI=1S/C14H22N3O3S.C2HF3O2/c1-15-21(19,20)9-10-4-5-12-11(8-10)14(18)6-7-17(2,3)13(14)16-12;3-2(4,5)1(6)7/h4-5,8,13,15-16,18H,6-7,9H2,1-3H3;(H,6,7)/q+1;/p-1/i2D3,3D3;. The Morgan fingerprint density at radius 1 is 1.50 bits per heavy atom. The van der Waals surface area contributed by atoms with Crippen molar-refractivity contribution < 1.29 is 49.3 Å². The van der Waals surface area contributed by atoms with Gasteiger partial charge in [0.25, 0.3) is 0 Å². The van der Waals surface area contributed by atoms with E-state index >= 15 is 0 Å². The molecule has 28 heavy (non-hydrogen) atoms. The van der Waals surface area contributed by atoms with Gasteiger partial charge in [0, 0.05) is 17.7 Å². The summed E-state index contributed by atoms with van der Waals surface area (Å²) in [5.41, 5.74) is -0.585. The third-order valence-electron chi connectivity index (χ3n) is 4.48. The number of likely N-dealkylation sites (tertiary alicyclic amines) is 1. The summed E-state index contributed by atoms with van der Waals surface area (Å²) in [5.74, 6) is -3.32. The number of sulfonamides is 1. The van der Waals surface area contributed by atoms with Crippen LogP contribution in [0.5, 0.6) is 0 Å². The van der Waals surface area contributed by atoms with Crippen molar-refractivity contribution in [2.75, 3.05) is 32.9 Å². The fourth-order valence-electron chi connectivity index (χ4n) is 3.09. The van der Waals surface area contributed by atoms with Gasteiger partial charge in [-0.05, 0) is 24.7 Å². The molecule has 1 aromatic carbocycles. The lowest BCUT2D eigenvalue weighted by Crippen LogP contribution is -2.52. The van der Waals surface area contributed by atoms with E-state index in [2.05, 4.69) is 10.0 Å². The van der Waals surface area contributed by atoms with Crippen molar-refractivity contribution in [3.63, 3.8) is 0 Å². The van der Waals surface area contributed by atoms with Gasteiger partial charge in [-0.15, -0.1) is 0 Å². The Balaban J connectivity index is 0.000000509. The first-order chi connectivity index (χ1) is 15.1. The number of carbonyl (C=O) groups is 1. The smallest absolute Gasteiger partial charge is 0.430 e. The lowest BCUT2D eigenvalue weighted by atomic mass is 9.92. The van der Waals surface area contributed by atoms with Crippen LogP contribution in [0.3, 0.4) is 0 Å². The maximum atomic E-state index is 11.8. The number of alkyl halides is 3. The van der Waals surface area contributed by atoms with E-state index in [9.17, 15) is 26.7 Å². The summed E-state index contributed by atoms with van der Waals surface area (Å²) in [5, 5.41) is 22.9. The van der Waals surface area contributed by atoms with Gasteiger partial charge in [-0.25, -0.2) is 13.1 Å². The molecular formula is C16H22F3N3O5S. The lowest BCUT2D eigenvalue weighted by molar-refractivity contribution is -0.902. The molecule has 1 aromatic rings. The van der Waals surface area contributed by atoms with Gasteiger partial charge in [0.2, 0.25) is 10.0 Å². The average molecular weight is 431 g/mol. The second kappa shape index (κ2) is 7.17. The molecule has 1 saturated heterocycles. The van der Waals surface area contributed by atoms with Crippen molar-refractivity contribution in [3.8, 4) is 0 Å². The molecule has 158 valence electrons. The largest absolute Gasteiger partial charge is 0.542 e. The van der Waals surface area contributed by atoms with Gasteiger partial charge in [-0.2, -0.15) is 13.2 Å². The second-order valence-electron chi connectivity index (χ2n) is 6.44. The fourth-order valence-corrected chi connectivity index (χ4v) is 3.86. The van der Waals surface area contributed by atoms with E-state index in [4.69, 9.17) is 18.1 Å². The number of carbonyl (C=O) groups excluding carboxylic acids is 1. The Hall–Kier alpha value is -1.89. The minimum atomic E-state index is -5.19. The normalized spacial score (nSPS) is 29.2. The van der Waals surface area contributed by atoms with Gasteiger partial charge in [0.15, 0.2) is 11.8 Å². The Morgan fingerprint density at radius 2 is 2.11 bits per heavy atom. The highest BCUT2D eigenvalue weighted by molar-refractivity contribution is 7.88. The molecule has 12 heteroatoms. The van der Waals surface area contributed by atoms with Crippen molar-refractivity contribution in [2.45, 2.75) is 30.1 Å². The molecular weight excluding hydrogens is 403 g/mol. The fraction of sp³-hybridized carbons (Fsp3) is 0.562. The Bertz CT molecular complexity index is 1050. The zero-order chi connectivity index (χ0) is 26.5. The number of nitrogens with one attached hydrogen (secondary N) is 2. The van der Waals surface area contributed by atoms with Gasteiger partial charge < -0.3 is 24.8 Å². The number of aliphatic hydroxyl groups is 1. The number of rotatable bonds is 3. The van der Waals surface area contributed by atoms with E-state index in [1.807, 2.05) is 0 Å². The van der Waals surface area contributed by atoms with Crippen LogP contribution in [-0.2, 0) is 26.2 Å². The number of benzene rings is 1. The van der Waals surface area contributed by atoms with Crippen molar-refractivity contribution >= 4 is 21.7 Å². The van der Waals surface area contributed by atoms with Crippen molar-refractivity contribution in [2.24, 2.45) is 0 Å². The number of fused-ring (bicyclic) bond motifs is 3. The average Bonchev–Trinajstić information content (AvgIpc) is 3.10. The third-order valence-corrected chi connectivity index (χ3v) is 5.82. The van der Waals surface area contributed by atoms with E-state index in [1.165, 1.54) is 13.1 Å². The highest BCUT2D eigenvalue weighted by atomic mass is 32.2. The summed E-state index contributed by atoms with van der Waals surface area (Å²) < 4.78 is 103. The molecule has 2 atom stereocenters. The second-order valence-corrected chi connectivity index (χ2v) is 8.37. The number of carboxylic acid groups (broad SMARTS) is 1. The molecule has 0 bridgehead atoms. The van der Waals surface area contributed by atoms with Crippen LogP contribution < -0.4 is 15.1 Å². The zero-order valence-electron chi connectivity index (χ0n) is 20.5. The maximum Gasteiger partial charge on any atom is 0.430 e. The molecule has 2 aliphatic heterocycles. The molecule has 0 aromatic heterocycles. The Kier molecular flexibility index (Phi) is 3.85. The van der Waals surface area contributed by atoms with Crippen LogP contribution in [-0.4, -0.2) is 63.9 Å². The predicted octanol–water partition coefficient (Wildman–Crippen LogP) is -0.546.